The molecule has 0 aliphatic carbocycles. The highest BCUT2D eigenvalue weighted by Gasteiger charge is 2.26. The molecule has 0 saturated carbocycles. The SMILES string of the molecule is CCCC1CCN(C(=O)c2ccc(C)c(N)c2)C1. The smallest absolute Gasteiger partial charge is 0.253 e. The Bertz CT molecular complexity index is 442. The second-order valence-electron chi connectivity index (χ2n) is 5.27. The second kappa shape index (κ2) is 5.42. The molecule has 1 aliphatic heterocycles. The lowest BCUT2D eigenvalue weighted by molar-refractivity contribution is 0.0786. The maximum Gasteiger partial charge on any atom is 0.253 e. The van der Waals surface area contributed by atoms with Crippen LogP contribution in [-0.4, -0.2) is 23.9 Å². The first-order valence-corrected chi connectivity index (χ1v) is 6.77. The molecule has 0 aromatic heterocycles. The molecule has 3 heteroatoms. The molecule has 1 aliphatic rings. The maximum absolute atomic E-state index is 12.3. The predicted octanol–water partition coefficient (Wildman–Crippen LogP) is 2.84. The zero-order valence-corrected chi connectivity index (χ0v) is 11.3. The number of hydrogen-bond acceptors (Lipinski definition) is 2. The van der Waals surface area contributed by atoms with Crippen LogP contribution in [0.5, 0.6) is 0 Å². The highest BCUT2D eigenvalue weighted by atomic mass is 16.2. The molecule has 1 heterocycles. The Morgan fingerprint density at radius 3 is 2.94 bits per heavy atom. The fourth-order valence-electron chi connectivity index (χ4n) is 2.62. The van der Waals surface area contributed by atoms with E-state index >= 15 is 0 Å². The van der Waals surface area contributed by atoms with Crippen molar-refractivity contribution in [3.8, 4) is 0 Å². The topological polar surface area (TPSA) is 46.3 Å². The number of carbonyl (C=O) groups excluding carboxylic acids is 1. The number of nitrogens with zero attached hydrogens (tertiary/aromatic N) is 1. The standard InChI is InChI=1S/C15H22N2O/c1-3-4-12-7-8-17(10-12)15(18)13-6-5-11(2)14(16)9-13/h5-6,9,12H,3-4,7-8,10,16H2,1-2H3. The van der Waals surface area contributed by atoms with Gasteiger partial charge in [0.25, 0.3) is 5.91 Å². The zero-order chi connectivity index (χ0) is 13.1. The van der Waals surface area contributed by atoms with Crippen molar-refractivity contribution in [3.05, 3.63) is 29.3 Å². The average molecular weight is 246 g/mol. The van der Waals surface area contributed by atoms with E-state index in [1.807, 2.05) is 24.0 Å². The van der Waals surface area contributed by atoms with Crippen molar-refractivity contribution in [1.29, 1.82) is 0 Å². The van der Waals surface area contributed by atoms with Crippen LogP contribution in [0.3, 0.4) is 0 Å². The van der Waals surface area contributed by atoms with Gasteiger partial charge in [-0.05, 0) is 43.4 Å². The van der Waals surface area contributed by atoms with E-state index in [0.717, 1.165) is 30.6 Å². The lowest BCUT2D eigenvalue weighted by Crippen LogP contribution is -2.28. The van der Waals surface area contributed by atoms with Crippen molar-refractivity contribution in [1.82, 2.24) is 4.90 Å². The van der Waals surface area contributed by atoms with E-state index in [1.54, 1.807) is 6.07 Å². The summed E-state index contributed by atoms with van der Waals surface area (Å²) in [5.74, 6) is 0.807. The lowest BCUT2D eigenvalue weighted by atomic mass is 10.0. The first-order chi connectivity index (χ1) is 8.61. The molecule has 98 valence electrons. The monoisotopic (exact) mass is 246 g/mol. The number of benzene rings is 1. The molecule has 1 aromatic rings. The van der Waals surface area contributed by atoms with E-state index in [2.05, 4.69) is 6.92 Å². The number of rotatable bonds is 3. The third-order valence-electron chi connectivity index (χ3n) is 3.80. The fraction of sp³-hybridized carbons (Fsp3) is 0.533. The first kappa shape index (κ1) is 12.9. The molecular formula is C15H22N2O. The number of nitrogens with two attached hydrogens (primary N) is 1. The average Bonchev–Trinajstić information content (AvgIpc) is 2.81. The maximum atomic E-state index is 12.3. The molecule has 1 saturated heterocycles. The molecule has 1 unspecified atom stereocenters. The molecule has 1 amide bonds. The van der Waals surface area contributed by atoms with Crippen LogP contribution in [0.15, 0.2) is 18.2 Å². The summed E-state index contributed by atoms with van der Waals surface area (Å²) in [4.78, 5) is 14.3. The van der Waals surface area contributed by atoms with E-state index in [1.165, 1.54) is 12.8 Å². The van der Waals surface area contributed by atoms with Gasteiger partial charge in [0.2, 0.25) is 0 Å². The van der Waals surface area contributed by atoms with E-state index in [9.17, 15) is 4.79 Å². The summed E-state index contributed by atoms with van der Waals surface area (Å²) in [6.07, 6.45) is 3.56. The van der Waals surface area contributed by atoms with Crippen LogP contribution in [0.4, 0.5) is 5.69 Å². The van der Waals surface area contributed by atoms with Crippen LogP contribution in [0.1, 0.15) is 42.1 Å². The summed E-state index contributed by atoms with van der Waals surface area (Å²) in [7, 11) is 0. The summed E-state index contributed by atoms with van der Waals surface area (Å²) in [5, 5.41) is 0. The number of anilines is 1. The number of nitrogen functional groups attached to an aromatic ring is 1. The second-order valence-corrected chi connectivity index (χ2v) is 5.27. The molecular weight excluding hydrogens is 224 g/mol. The minimum atomic E-state index is 0.125. The van der Waals surface area contributed by atoms with Crippen LogP contribution in [0, 0.1) is 12.8 Å². The van der Waals surface area contributed by atoms with Gasteiger partial charge in [-0.2, -0.15) is 0 Å². The summed E-state index contributed by atoms with van der Waals surface area (Å²) in [5.41, 5.74) is 8.30. The van der Waals surface area contributed by atoms with Gasteiger partial charge in [-0.1, -0.05) is 19.4 Å². The van der Waals surface area contributed by atoms with Gasteiger partial charge in [0, 0.05) is 24.3 Å². The Hall–Kier alpha value is -1.51. The largest absolute Gasteiger partial charge is 0.398 e. The predicted molar refractivity (Wildman–Crippen MR) is 74.5 cm³/mol. The van der Waals surface area contributed by atoms with E-state index < -0.39 is 0 Å². The van der Waals surface area contributed by atoms with Crippen molar-refractivity contribution in [2.24, 2.45) is 5.92 Å². The van der Waals surface area contributed by atoms with Gasteiger partial charge < -0.3 is 10.6 Å². The van der Waals surface area contributed by atoms with Crippen molar-refractivity contribution in [2.45, 2.75) is 33.1 Å². The Kier molecular flexibility index (Phi) is 3.90. The fourth-order valence-corrected chi connectivity index (χ4v) is 2.62. The molecule has 0 spiro atoms. The number of aryl methyl sites for hydroxylation is 1. The molecule has 2 N–H and O–H groups in total. The number of amides is 1. The molecule has 3 nitrogen and oxygen atoms in total. The zero-order valence-electron chi connectivity index (χ0n) is 11.3. The normalized spacial score (nSPS) is 19.2. The van der Waals surface area contributed by atoms with Gasteiger partial charge in [0.15, 0.2) is 0 Å². The van der Waals surface area contributed by atoms with Crippen molar-refractivity contribution >= 4 is 11.6 Å². The summed E-state index contributed by atoms with van der Waals surface area (Å²) in [6.45, 7) is 5.94. The Morgan fingerprint density at radius 1 is 1.50 bits per heavy atom. The van der Waals surface area contributed by atoms with Crippen LogP contribution in [-0.2, 0) is 0 Å². The quantitative estimate of drug-likeness (QED) is 0.834. The van der Waals surface area contributed by atoms with E-state index in [0.29, 0.717) is 11.6 Å². The van der Waals surface area contributed by atoms with E-state index in [4.69, 9.17) is 5.73 Å². The number of carbonyl (C=O) groups is 1. The van der Waals surface area contributed by atoms with Crippen molar-refractivity contribution < 1.29 is 4.79 Å². The highest BCUT2D eigenvalue weighted by Crippen LogP contribution is 2.23. The Balaban J connectivity index is 2.05. The van der Waals surface area contributed by atoms with Crippen molar-refractivity contribution in [2.75, 3.05) is 18.8 Å². The summed E-state index contributed by atoms with van der Waals surface area (Å²) in [6, 6.07) is 5.59. The van der Waals surface area contributed by atoms with Gasteiger partial charge in [-0.15, -0.1) is 0 Å². The van der Waals surface area contributed by atoms with Gasteiger partial charge in [-0.25, -0.2) is 0 Å². The molecule has 1 fully saturated rings. The van der Waals surface area contributed by atoms with Gasteiger partial charge in [-0.3, -0.25) is 4.79 Å². The van der Waals surface area contributed by atoms with Crippen molar-refractivity contribution in [3.63, 3.8) is 0 Å². The van der Waals surface area contributed by atoms with E-state index in [-0.39, 0.29) is 5.91 Å². The molecule has 1 aromatic carbocycles. The summed E-state index contributed by atoms with van der Waals surface area (Å²) < 4.78 is 0. The first-order valence-electron chi connectivity index (χ1n) is 6.77. The lowest BCUT2D eigenvalue weighted by Gasteiger charge is -2.17. The number of likely N-dealkylation sites (tertiary alicyclic amines) is 1. The Morgan fingerprint density at radius 2 is 2.28 bits per heavy atom. The van der Waals surface area contributed by atoms with Crippen LogP contribution in [0.25, 0.3) is 0 Å². The van der Waals surface area contributed by atoms with Gasteiger partial charge in [0.05, 0.1) is 0 Å². The minimum Gasteiger partial charge on any atom is -0.398 e. The molecule has 2 rings (SSSR count). The van der Waals surface area contributed by atoms with Crippen LogP contribution >= 0.6 is 0 Å². The van der Waals surface area contributed by atoms with Gasteiger partial charge in [0.1, 0.15) is 0 Å². The van der Waals surface area contributed by atoms with Crippen LogP contribution < -0.4 is 5.73 Å². The molecule has 1 atom stereocenters. The Labute approximate surface area is 109 Å². The third-order valence-corrected chi connectivity index (χ3v) is 3.80. The molecule has 0 radical (unpaired) electrons. The molecule has 0 bridgehead atoms. The third kappa shape index (κ3) is 2.66. The highest BCUT2D eigenvalue weighted by molar-refractivity contribution is 5.95. The van der Waals surface area contributed by atoms with Crippen LogP contribution in [0.2, 0.25) is 0 Å². The molecule has 18 heavy (non-hydrogen) atoms. The van der Waals surface area contributed by atoms with Gasteiger partial charge >= 0.3 is 0 Å². The minimum absolute atomic E-state index is 0.125. The number of hydrogen-bond donors (Lipinski definition) is 1. The summed E-state index contributed by atoms with van der Waals surface area (Å²) >= 11 is 0.